The third kappa shape index (κ3) is 3.53. The normalized spacial score (nSPS) is 20.3. The van der Waals surface area contributed by atoms with Crippen LogP contribution in [0.2, 0.25) is 0 Å². The Kier molecular flexibility index (Phi) is 4.17. The number of nitrogens with one attached hydrogen (secondary N) is 1. The van der Waals surface area contributed by atoms with Gasteiger partial charge in [-0.2, -0.15) is 9.97 Å². The third-order valence-electron chi connectivity index (χ3n) is 5.56. The number of hydrogen-bond acceptors (Lipinski definition) is 8. The molecule has 28 heavy (non-hydrogen) atoms. The van der Waals surface area contributed by atoms with Crippen LogP contribution < -0.4 is 14.8 Å². The van der Waals surface area contributed by atoms with Crippen molar-refractivity contribution in [2.24, 2.45) is 5.92 Å². The van der Waals surface area contributed by atoms with E-state index in [1.165, 1.54) is 19.0 Å². The van der Waals surface area contributed by atoms with E-state index in [0.717, 1.165) is 37.8 Å². The first-order chi connectivity index (χ1) is 13.6. The van der Waals surface area contributed by atoms with Crippen LogP contribution in [0.4, 0.5) is 4.79 Å². The molecule has 0 spiro atoms. The predicted molar refractivity (Wildman–Crippen MR) is 95.9 cm³/mol. The number of rotatable bonds is 7. The molecule has 0 saturated heterocycles. The Morgan fingerprint density at radius 3 is 2.71 bits per heavy atom. The quantitative estimate of drug-likeness (QED) is 0.774. The van der Waals surface area contributed by atoms with Gasteiger partial charge in [0.25, 0.3) is 0 Å². The first-order valence-electron chi connectivity index (χ1n) is 9.92. The summed E-state index contributed by atoms with van der Waals surface area (Å²) >= 11 is 0. The fraction of sp³-hybridized carbons (Fsp3) is 0.632. The Balaban J connectivity index is 1.28. The number of ether oxygens (including phenoxy) is 2. The zero-order valence-corrected chi connectivity index (χ0v) is 15.8. The van der Waals surface area contributed by atoms with E-state index in [4.69, 9.17) is 14.0 Å². The Labute approximate surface area is 162 Å². The van der Waals surface area contributed by atoms with Crippen molar-refractivity contribution in [3.05, 3.63) is 23.6 Å². The van der Waals surface area contributed by atoms with Gasteiger partial charge in [0.1, 0.15) is 11.2 Å². The minimum absolute atomic E-state index is 0.131. The van der Waals surface area contributed by atoms with Gasteiger partial charge in [0.2, 0.25) is 17.7 Å². The zero-order valence-electron chi connectivity index (χ0n) is 15.8. The summed E-state index contributed by atoms with van der Waals surface area (Å²) in [6, 6.07) is 0. The first-order valence-corrected chi connectivity index (χ1v) is 9.92. The van der Waals surface area contributed by atoms with E-state index in [2.05, 4.69) is 25.4 Å². The topological polar surface area (TPSA) is 112 Å². The largest absolute Gasteiger partial charge is 0.476 e. The molecule has 2 aromatic rings. The molecule has 3 saturated carbocycles. The van der Waals surface area contributed by atoms with Gasteiger partial charge in [-0.05, 0) is 50.9 Å². The summed E-state index contributed by atoms with van der Waals surface area (Å²) < 4.78 is 16.3. The summed E-state index contributed by atoms with van der Waals surface area (Å²) in [6.45, 7) is 2.37. The van der Waals surface area contributed by atoms with Crippen molar-refractivity contribution in [2.75, 3.05) is 6.61 Å². The van der Waals surface area contributed by atoms with E-state index in [1.807, 2.05) is 0 Å². The van der Waals surface area contributed by atoms with Crippen molar-refractivity contribution >= 4 is 6.09 Å². The van der Waals surface area contributed by atoms with Crippen molar-refractivity contribution in [1.29, 1.82) is 0 Å². The molecule has 2 heterocycles. The van der Waals surface area contributed by atoms with Crippen LogP contribution in [-0.2, 0) is 5.54 Å². The highest BCUT2D eigenvalue weighted by molar-refractivity contribution is 5.71. The maximum atomic E-state index is 12.5. The smallest absolute Gasteiger partial charge is 0.414 e. The highest BCUT2D eigenvalue weighted by Crippen LogP contribution is 2.43. The molecule has 0 aliphatic heterocycles. The molecule has 5 rings (SSSR count). The van der Waals surface area contributed by atoms with Gasteiger partial charge in [0, 0.05) is 12.8 Å². The van der Waals surface area contributed by atoms with Gasteiger partial charge in [-0.25, -0.2) is 9.78 Å². The maximum Gasteiger partial charge on any atom is 0.414 e. The Morgan fingerprint density at radius 2 is 2.11 bits per heavy atom. The Hall–Kier alpha value is -2.71. The van der Waals surface area contributed by atoms with E-state index in [0.29, 0.717) is 36.0 Å². The van der Waals surface area contributed by atoms with Crippen molar-refractivity contribution < 1.29 is 18.8 Å². The standard InChI is InChI=1S/C19H23N5O4/c1-11-21-17(24-28-11)19(7-2-8-19)23-18(25)27-14-9-20-15(13-5-6-13)16(22-14)26-10-12-3-4-12/h9,12-13H,2-8,10H2,1H3,(H,23,25). The van der Waals surface area contributed by atoms with E-state index >= 15 is 0 Å². The monoisotopic (exact) mass is 385 g/mol. The molecule has 9 heteroatoms. The lowest BCUT2D eigenvalue weighted by molar-refractivity contribution is 0.139. The molecule has 0 aromatic carbocycles. The number of hydrogen-bond donors (Lipinski definition) is 1. The SMILES string of the molecule is Cc1nc(C2(NC(=O)Oc3cnc(C4CC4)c(OCC4CC4)n3)CCC2)no1. The van der Waals surface area contributed by atoms with Crippen molar-refractivity contribution in [2.45, 2.75) is 63.3 Å². The number of aryl methyl sites for hydroxylation is 1. The second-order valence-electron chi connectivity index (χ2n) is 8.01. The summed E-state index contributed by atoms with van der Waals surface area (Å²) in [5.74, 6) is 2.59. The van der Waals surface area contributed by atoms with Gasteiger partial charge >= 0.3 is 6.09 Å². The molecule has 0 radical (unpaired) electrons. The summed E-state index contributed by atoms with van der Waals surface area (Å²) in [5, 5.41) is 6.85. The maximum absolute atomic E-state index is 12.5. The number of nitrogens with zero attached hydrogens (tertiary/aromatic N) is 4. The molecule has 2 aromatic heterocycles. The molecular weight excluding hydrogens is 362 g/mol. The average molecular weight is 385 g/mol. The molecule has 148 valence electrons. The van der Waals surface area contributed by atoms with E-state index < -0.39 is 11.6 Å². The minimum atomic E-state index is -0.637. The van der Waals surface area contributed by atoms with Gasteiger partial charge in [-0.1, -0.05) is 5.16 Å². The van der Waals surface area contributed by atoms with E-state index in [1.54, 1.807) is 6.92 Å². The summed E-state index contributed by atoms with van der Waals surface area (Å²) in [4.78, 5) is 25.6. The molecule has 3 aliphatic rings. The van der Waals surface area contributed by atoms with Crippen LogP contribution in [-0.4, -0.2) is 32.8 Å². The first kappa shape index (κ1) is 17.4. The van der Waals surface area contributed by atoms with Gasteiger partial charge in [0.15, 0.2) is 5.82 Å². The van der Waals surface area contributed by atoms with Crippen LogP contribution in [0.1, 0.15) is 68.3 Å². The molecule has 1 amide bonds. The number of carbonyl (C=O) groups is 1. The number of carbonyl (C=O) groups excluding carboxylic acids is 1. The van der Waals surface area contributed by atoms with Crippen LogP contribution >= 0.6 is 0 Å². The van der Waals surface area contributed by atoms with Gasteiger partial charge in [-0.3, -0.25) is 0 Å². The zero-order chi connectivity index (χ0) is 19.1. The Morgan fingerprint density at radius 1 is 1.29 bits per heavy atom. The lowest BCUT2D eigenvalue weighted by Crippen LogP contribution is -2.52. The molecule has 0 bridgehead atoms. The predicted octanol–water partition coefficient (Wildman–Crippen LogP) is 3.00. The van der Waals surface area contributed by atoms with Crippen LogP contribution in [0.15, 0.2) is 10.7 Å². The van der Waals surface area contributed by atoms with Crippen LogP contribution in [0.5, 0.6) is 11.8 Å². The summed E-state index contributed by atoms with van der Waals surface area (Å²) in [7, 11) is 0. The molecule has 3 aliphatic carbocycles. The fourth-order valence-electron chi connectivity index (χ4n) is 3.38. The summed E-state index contributed by atoms with van der Waals surface area (Å²) in [5.41, 5.74) is 0.229. The van der Waals surface area contributed by atoms with Gasteiger partial charge < -0.3 is 19.3 Å². The van der Waals surface area contributed by atoms with Gasteiger partial charge in [0.05, 0.1) is 12.8 Å². The average Bonchev–Trinajstić information content (AvgIpc) is 3.56. The van der Waals surface area contributed by atoms with Gasteiger partial charge in [-0.15, -0.1) is 0 Å². The molecule has 3 fully saturated rings. The van der Waals surface area contributed by atoms with E-state index in [9.17, 15) is 4.79 Å². The van der Waals surface area contributed by atoms with Crippen LogP contribution in [0.3, 0.4) is 0 Å². The second kappa shape index (κ2) is 6.72. The fourth-order valence-corrected chi connectivity index (χ4v) is 3.38. The highest BCUT2D eigenvalue weighted by Gasteiger charge is 2.45. The molecule has 1 N–H and O–H groups in total. The molecule has 0 atom stereocenters. The lowest BCUT2D eigenvalue weighted by atomic mass is 9.76. The van der Waals surface area contributed by atoms with Crippen molar-refractivity contribution in [3.8, 4) is 11.8 Å². The molecular formula is C19H23N5O4. The van der Waals surface area contributed by atoms with E-state index in [-0.39, 0.29) is 5.88 Å². The number of amides is 1. The third-order valence-corrected chi connectivity index (χ3v) is 5.56. The molecule has 9 nitrogen and oxygen atoms in total. The van der Waals surface area contributed by atoms with Crippen molar-refractivity contribution in [3.63, 3.8) is 0 Å². The minimum Gasteiger partial charge on any atom is -0.476 e. The van der Waals surface area contributed by atoms with Crippen molar-refractivity contribution in [1.82, 2.24) is 25.4 Å². The lowest BCUT2D eigenvalue weighted by Gasteiger charge is -2.38. The second-order valence-corrected chi connectivity index (χ2v) is 8.01. The highest BCUT2D eigenvalue weighted by atomic mass is 16.6. The summed E-state index contributed by atoms with van der Waals surface area (Å²) in [6.07, 6.45) is 7.93. The van der Waals surface area contributed by atoms with Crippen LogP contribution in [0, 0.1) is 12.8 Å². The molecule has 0 unspecified atom stereocenters. The number of aromatic nitrogens is 4. The van der Waals surface area contributed by atoms with Crippen LogP contribution in [0.25, 0.3) is 0 Å². The Bertz CT molecular complexity index is 886.